The van der Waals surface area contributed by atoms with Crippen LogP contribution in [0, 0.1) is 6.92 Å². The molecule has 0 aliphatic heterocycles. The van der Waals surface area contributed by atoms with Gasteiger partial charge in [-0.15, -0.1) is 0 Å². The predicted octanol–water partition coefficient (Wildman–Crippen LogP) is 15.3. The average Bonchev–Trinajstić information content (AvgIpc) is 3.13. The average molecular weight is 678 g/mol. The highest BCUT2D eigenvalue weighted by molar-refractivity contribution is 5.73. The van der Waals surface area contributed by atoms with E-state index in [1.165, 1.54) is 155 Å². The summed E-state index contributed by atoms with van der Waals surface area (Å²) in [5.41, 5.74) is 13.9. The molecule has 3 aromatic carbocycles. The van der Waals surface area contributed by atoms with Crippen molar-refractivity contribution >= 4 is 11.8 Å². The van der Waals surface area contributed by atoms with Crippen molar-refractivity contribution in [2.24, 2.45) is 5.11 Å². The van der Waals surface area contributed by atoms with Crippen molar-refractivity contribution in [1.29, 1.82) is 0 Å². The molecule has 0 N–H and O–H groups in total. The van der Waals surface area contributed by atoms with Crippen molar-refractivity contribution in [2.75, 3.05) is 6.54 Å². The fraction of sp³-hybridized carbons (Fsp3) is 0.583. The van der Waals surface area contributed by atoms with Gasteiger partial charge >= 0.3 is 0 Å². The van der Waals surface area contributed by atoms with E-state index in [-0.39, 0.29) is 0 Å². The van der Waals surface area contributed by atoms with E-state index in [9.17, 15) is 0 Å². The molecule has 0 aromatic heterocycles. The van der Waals surface area contributed by atoms with Gasteiger partial charge in [0.1, 0.15) is 5.69 Å². The Morgan fingerprint density at radius 3 is 1.76 bits per heavy atom. The van der Waals surface area contributed by atoms with E-state index in [1.54, 1.807) is 11.1 Å². The van der Waals surface area contributed by atoms with Gasteiger partial charge in [0.25, 0.3) is 0 Å². The van der Waals surface area contributed by atoms with E-state index in [1.807, 2.05) is 0 Å². The summed E-state index contributed by atoms with van der Waals surface area (Å²) in [6.07, 6.45) is 28.2. The summed E-state index contributed by atoms with van der Waals surface area (Å²) in [4.78, 5) is 0. The molecular weight excluding hydrogens is 605 g/mol. The lowest BCUT2D eigenvalue weighted by atomic mass is 9.88. The van der Waals surface area contributed by atoms with Crippen LogP contribution in [0.3, 0.4) is 0 Å². The number of aryl methyl sites for hydroxylation is 3. The summed E-state index contributed by atoms with van der Waals surface area (Å²) in [5, 5.41) is 5.29. The molecule has 0 saturated carbocycles. The molecule has 3 rings (SSSR count). The third kappa shape index (κ3) is 14.0. The molecule has 0 bridgehead atoms. The molecule has 274 valence electrons. The Kier molecular flexibility index (Phi) is 20.1. The second kappa shape index (κ2) is 24.2. The van der Waals surface area contributed by atoms with Crippen molar-refractivity contribution in [2.45, 2.75) is 177 Å². The summed E-state index contributed by atoms with van der Waals surface area (Å²) < 4.78 is 2.21. The first-order valence-corrected chi connectivity index (χ1v) is 21.0. The Morgan fingerprint density at radius 2 is 1.16 bits per heavy atom. The number of azo groups is 2. The standard InChI is InChI=1S/C48H73N2/c1-8-13-16-19-21-24-31-44-38-45(34-39(6)46(44)32-27-18-15-10-3)49-50(12-5)40(7)35-41-36-42(11-4)47(33-28-22-20-17-14-9-2)48(37-41)43-29-25-23-26-30-43/h23,25-26,29-30,34-38H,8-22,24,27-28,31-33H2,1-7H3/q+1. The van der Waals surface area contributed by atoms with Gasteiger partial charge in [0.2, 0.25) is 5.70 Å². The molecule has 0 spiro atoms. The quantitative estimate of drug-likeness (QED) is 0.0482. The van der Waals surface area contributed by atoms with Crippen LogP contribution >= 0.6 is 0 Å². The highest BCUT2D eigenvalue weighted by Crippen LogP contribution is 2.32. The largest absolute Gasteiger partial charge is 0.206 e. The highest BCUT2D eigenvalue weighted by Gasteiger charge is 2.16. The van der Waals surface area contributed by atoms with E-state index >= 15 is 0 Å². The normalized spacial score (nSPS) is 12.2. The lowest BCUT2D eigenvalue weighted by Crippen LogP contribution is -2.06. The van der Waals surface area contributed by atoms with E-state index in [0.29, 0.717) is 0 Å². The molecule has 2 heteroatoms. The van der Waals surface area contributed by atoms with Crippen LogP contribution in [0.1, 0.15) is 178 Å². The van der Waals surface area contributed by atoms with Gasteiger partial charge in [-0.25, -0.2) is 0 Å². The van der Waals surface area contributed by atoms with Crippen LogP contribution in [-0.2, 0) is 25.7 Å². The fourth-order valence-corrected chi connectivity index (χ4v) is 7.59. The topological polar surface area (TPSA) is 15.4 Å². The minimum Gasteiger partial charge on any atom is -0.0885 e. The maximum absolute atomic E-state index is 5.29. The molecule has 0 atom stereocenters. The van der Waals surface area contributed by atoms with E-state index in [0.717, 1.165) is 25.1 Å². The Morgan fingerprint density at radius 1 is 0.600 bits per heavy atom. The third-order valence-electron chi connectivity index (χ3n) is 10.6. The number of unbranched alkanes of at least 4 members (excludes halogenated alkanes) is 13. The van der Waals surface area contributed by atoms with Crippen LogP contribution in [0.2, 0.25) is 0 Å². The number of rotatable bonds is 25. The van der Waals surface area contributed by atoms with Gasteiger partial charge in [0.05, 0.1) is 0 Å². The Labute approximate surface area is 308 Å². The fourth-order valence-electron chi connectivity index (χ4n) is 7.59. The minimum absolute atomic E-state index is 0.842. The number of nitrogens with zero attached hydrogens (tertiary/aromatic N) is 2. The van der Waals surface area contributed by atoms with Crippen molar-refractivity contribution in [3.63, 3.8) is 0 Å². The van der Waals surface area contributed by atoms with Crippen molar-refractivity contribution < 1.29 is 4.70 Å². The first-order valence-electron chi connectivity index (χ1n) is 21.0. The predicted molar refractivity (Wildman–Crippen MR) is 221 cm³/mol. The molecule has 0 amide bonds. The second-order valence-corrected chi connectivity index (χ2v) is 14.8. The summed E-state index contributed by atoms with van der Waals surface area (Å²) >= 11 is 0. The molecule has 0 radical (unpaired) electrons. The molecule has 3 aromatic rings. The monoisotopic (exact) mass is 678 g/mol. The molecular formula is C48H73N2+. The highest BCUT2D eigenvalue weighted by atomic mass is 15.3. The molecule has 0 heterocycles. The molecule has 2 nitrogen and oxygen atoms in total. The molecule has 0 aliphatic carbocycles. The van der Waals surface area contributed by atoms with Crippen molar-refractivity contribution in [1.82, 2.24) is 0 Å². The smallest absolute Gasteiger partial charge is 0.0885 e. The molecule has 0 aliphatic rings. The van der Waals surface area contributed by atoms with Gasteiger partial charge < -0.3 is 0 Å². The number of hydrogen-bond acceptors (Lipinski definition) is 1. The SMILES string of the molecule is CCCCCCCCc1cc(N=[N+](CC)C(C)=Cc2cc(CC)c(CCCCCCCC)c(-c3ccccc3)c2)cc(C)c1CCCCCC. The third-order valence-corrected chi connectivity index (χ3v) is 10.6. The zero-order chi connectivity index (χ0) is 36.0. The summed E-state index contributed by atoms with van der Waals surface area (Å²) in [5.74, 6) is 0. The number of allylic oxidation sites excluding steroid dienone is 1. The van der Waals surface area contributed by atoms with Crippen LogP contribution in [0.15, 0.2) is 65.4 Å². The van der Waals surface area contributed by atoms with Gasteiger partial charge in [-0.3, -0.25) is 0 Å². The molecule has 0 saturated heterocycles. The van der Waals surface area contributed by atoms with Crippen molar-refractivity contribution in [3.05, 3.63) is 93.7 Å². The first kappa shape index (κ1) is 41.4. The van der Waals surface area contributed by atoms with E-state index in [2.05, 4.69) is 114 Å². The zero-order valence-corrected chi connectivity index (χ0v) is 33.5. The van der Waals surface area contributed by atoms with Gasteiger partial charge in [-0.1, -0.05) is 152 Å². The second-order valence-electron chi connectivity index (χ2n) is 14.8. The zero-order valence-electron chi connectivity index (χ0n) is 33.5. The van der Waals surface area contributed by atoms with Crippen LogP contribution in [0.25, 0.3) is 17.2 Å². The maximum Gasteiger partial charge on any atom is 0.206 e. The Hall–Kier alpha value is -3.00. The first-order chi connectivity index (χ1) is 24.4. The molecule has 0 fully saturated rings. The van der Waals surface area contributed by atoms with Gasteiger partial charge in [0, 0.05) is 13.0 Å². The van der Waals surface area contributed by atoms with E-state index < -0.39 is 0 Å². The number of benzene rings is 3. The van der Waals surface area contributed by atoms with E-state index in [4.69, 9.17) is 5.11 Å². The van der Waals surface area contributed by atoms with Crippen LogP contribution in [0.4, 0.5) is 5.69 Å². The summed E-state index contributed by atoms with van der Waals surface area (Å²) in [7, 11) is 0. The summed E-state index contributed by atoms with van der Waals surface area (Å²) in [6, 6.07) is 20.7. The lowest BCUT2D eigenvalue weighted by molar-refractivity contribution is -0.537. The van der Waals surface area contributed by atoms with Gasteiger partial charge in [-0.05, 0) is 127 Å². The Balaban J connectivity index is 1.93. The van der Waals surface area contributed by atoms with Crippen LogP contribution in [0.5, 0.6) is 0 Å². The van der Waals surface area contributed by atoms with Crippen molar-refractivity contribution in [3.8, 4) is 11.1 Å². The van der Waals surface area contributed by atoms with Gasteiger partial charge in [0.15, 0.2) is 6.54 Å². The molecule has 0 unspecified atom stereocenters. The van der Waals surface area contributed by atoms with Crippen LogP contribution in [-0.4, -0.2) is 11.2 Å². The maximum atomic E-state index is 5.29. The molecule has 50 heavy (non-hydrogen) atoms. The number of hydrogen-bond donors (Lipinski definition) is 0. The minimum atomic E-state index is 0.842. The van der Waals surface area contributed by atoms with Crippen LogP contribution < -0.4 is 0 Å². The lowest BCUT2D eigenvalue weighted by Gasteiger charge is -2.16. The Bertz CT molecular complexity index is 1440. The summed E-state index contributed by atoms with van der Waals surface area (Å²) in [6.45, 7) is 16.8. The van der Waals surface area contributed by atoms with Gasteiger partial charge in [-0.2, -0.15) is 0 Å².